The maximum Gasteiger partial charge on any atom is 0.120 e. The molecule has 0 amide bonds. The lowest BCUT2D eigenvalue weighted by Gasteiger charge is -1.90. The average Bonchev–Trinajstić information content (AvgIpc) is 2.50. The van der Waals surface area contributed by atoms with Crippen LogP contribution >= 0.6 is 0 Å². The van der Waals surface area contributed by atoms with E-state index in [-0.39, 0.29) is 0 Å². The zero-order valence-corrected chi connectivity index (χ0v) is 13.6. The van der Waals surface area contributed by atoms with Crippen molar-refractivity contribution in [2.75, 3.05) is 0 Å². The van der Waals surface area contributed by atoms with Crippen LogP contribution in [-0.2, 0) is 4.79 Å². The monoisotopic (exact) mass is 289 g/mol. The minimum Gasteiger partial charge on any atom is -0.303 e. The van der Waals surface area contributed by atoms with Crippen LogP contribution in [0.3, 0.4) is 0 Å². The zero-order chi connectivity index (χ0) is 16.3. The summed E-state index contributed by atoms with van der Waals surface area (Å²) in [4.78, 5) is 10.4. The van der Waals surface area contributed by atoms with Gasteiger partial charge in [-0.15, -0.1) is 0 Å². The maximum absolute atomic E-state index is 10.4. The van der Waals surface area contributed by atoms with E-state index in [0.29, 0.717) is 6.42 Å². The van der Waals surface area contributed by atoms with Crippen LogP contribution < -0.4 is 0 Å². The number of hydrogen-bond donors (Lipinski definition) is 0. The predicted molar refractivity (Wildman–Crippen MR) is 94.5 cm³/mol. The molecule has 0 fully saturated rings. The smallest absolute Gasteiger partial charge is 0.120 e. The Morgan fingerprint density at radius 1 is 0.667 bits per heavy atom. The Balaban J connectivity index is 3.40. The molecule has 0 N–H and O–H groups in total. The van der Waals surface area contributed by atoms with Crippen molar-refractivity contribution >= 4 is 6.26 Å². The predicted octanol–water partition coefficient (Wildman–Crippen LogP) is 6.33. The van der Waals surface area contributed by atoms with Gasteiger partial charge < -0.3 is 4.79 Å². The first-order valence-corrected chi connectivity index (χ1v) is 8.36. The van der Waals surface area contributed by atoms with Gasteiger partial charge in [0.05, 0.1) is 0 Å². The third kappa shape index (κ3) is 18.6. The fraction of sp³-hybridized carbons (Fsp3) is 0.550. The van der Waals surface area contributed by atoms with Gasteiger partial charge in [-0.1, -0.05) is 68.4 Å². The normalized spacial score (nSPS) is 13.1. The Kier molecular flexibility index (Phi) is 15.7. The molecule has 21 heavy (non-hydrogen) atoms. The number of aldehydes is 1. The summed E-state index contributed by atoms with van der Waals surface area (Å²) in [6.07, 6.45) is 27.2. The molecule has 0 saturated heterocycles. The van der Waals surface area contributed by atoms with E-state index in [9.17, 15) is 4.79 Å². The van der Waals surface area contributed by atoms with Gasteiger partial charge in [0.2, 0.25) is 0 Å². The summed E-state index contributed by atoms with van der Waals surface area (Å²) in [7, 11) is 0. The molecule has 0 aromatic rings. The summed E-state index contributed by atoms with van der Waals surface area (Å²) in [5, 5.41) is 0. The Morgan fingerprint density at radius 2 is 1.14 bits per heavy atom. The van der Waals surface area contributed by atoms with Gasteiger partial charge in [0.15, 0.2) is 0 Å². The molecule has 0 aliphatic carbocycles. The van der Waals surface area contributed by atoms with Crippen molar-refractivity contribution in [2.45, 2.75) is 71.1 Å². The molecule has 0 heterocycles. The zero-order valence-electron chi connectivity index (χ0n) is 14.6. The highest BCUT2D eigenvalue weighted by Crippen LogP contribution is 2.01. The molecule has 0 atom stereocenters. The molecule has 0 rings (SSSR count). The van der Waals surface area contributed by atoms with Gasteiger partial charge in [0, 0.05) is 6.42 Å². The number of carbonyl (C=O) groups excluding carboxylic acids is 1. The van der Waals surface area contributed by atoms with Crippen LogP contribution in [0.2, 0.25) is 0 Å². The Bertz CT molecular complexity index is 364. The lowest BCUT2D eigenvalue weighted by molar-refractivity contribution is -0.107. The fourth-order valence-corrected chi connectivity index (χ4v) is 1.85. The second-order valence-corrected chi connectivity index (χ2v) is 5.13. The molecule has 0 aliphatic heterocycles. The molecule has 1 nitrogen and oxygen atoms in total. The molecule has 118 valence electrons. The van der Waals surface area contributed by atoms with Crippen LogP contribution in [0.4, 0.5) is 0 Å². The van der Waals surface area contributed by atoms with Crippen molar-refractivity contribution < 1.29 is 6.17 Å². The van der Waals surface area contributed by atoms with E-state index in [2.05, 4.69) is 55.5 Å². The summed E-state index contributed by atoms with van der Waals surface area (Å²) in [6.45, 7) is 2.23. The molecule has 0 bridgehead atoms. The SMILES string of the molecule is [2H]C(=O)CCC/C=C\C/C=C\C/C=C\C/C=C\CCCCC. The summed E-state index contributed by atoms with van der Waals surface area (Å²) in [5.41, 5.74) is 0. The second kappa shape index (κ2) is 18.6. The first kappa shape index (κ1) is 17.7. The average molecular weight is 289 g/mol. The van der Waals surface area contributed by atoms with Crippen LogP contribution in [0, 0.1) is 0 Å². The highest BCUT2D eigenvalue weighted by atomic mass is 16.1. The fourth-order valence-electron chi connectivity index (χ4n) is 1.85. The lowest BCUT2D eigenvalue weighted by atomic mass is 10.2. The third-order valence-corrected chi connectivity index (χ3v) is 3.11. The van der Waals surface area contributed by atoms with Crippen LogP contribution in [0.15, 0.2) is 48.6 Å². The van der Waals surface area contributed by atoms with Gasteiger partial charge in [-0.2, -0.15) is 0 Å². The van der Waals surface area contributed by atoms with E-state index in [1.165, 1.54) is 25.7 Å². The standard InChI is InChI=1S/C20H32O/c1-2-3-4-5-6-7-8-9-10-11-12-13-14-15-16-17-18-19-20-21/h6-7,9-10,12-13,15-16,20H,2-5,8,11,14,17-19H2,1H3/b7-6-,10-9-,13-12-,16-15-/i20D. The first-order valence-electron chi connectivity index (χ1n) is 8.86. The van der Waals surface area contributed by atoms with Crippen molar-refractivity contribution in [1.29, 1.82) is 0 Å². The quantitative estimate of drug-likeness (QED) is 0.207. The van der Waals surface area contributed by atoms with E-state index in [4.69, 9.17) is 1.37 Å². The van der Waals surface area contributed by atoms with Gasteiger partial charge in [-0.3, -0.25) is 0 Å². The molecule has 0 radical (unpaired) electrons. The van der Waals surface area contributed by atoms with Gasteiger partial charge in [0.1, 0.15) is 7.63 Å². The molecular weight excluding hydrogens is 256 g/mol. The highest BCUT2D eigenvalue weighted by Gasteiger charge is 1.81. The van der Waals surface area contributed by atoms with Crippen molar-refractivity contribution in [3.63, 3.8) is 0 Å². The second-order valence-electron chi connectivity index (χ2n) is 5.13. The molecule has 0 aromatic heterocycles. The van der Waals surface area contributed by atoms with E-state index in [1.54, 1.807) is 0 Å². The van der Waals surface area contributed by atoms with Crippen molar-refractivity contribution in [2.24, 2.45) is 0 Å². The number of hydrogen-bond acceptors (Lipinski definition) is 1. The number of rotatable bonds is 14. The van der Waals surface area contributed by atoms with E-state index >= 15 is 0 Å². The Labute approximate surface area is 132 Å². The summed E-state index contributed by atoms with van der Waals surface area (Å²) >= 11 is 0. The van der Waals surface area contributed by atoms with Crippen LogP contribution in [0.25, 0.3) is 0 Å². The van der Waals surface area contributed by atoms with E-state index < -0.39 is 6.26 Å². The number of unbranched alkanes of at least 4 members (excludes halogenated alkanes) is 4. The van der Waals surface area contributed by atoms with Gasteiger partial charge in [-0.05, 0) is 44.9 Å². The molecule has 0 unspecified atom stereocenters. The third-order valence-electron chi connectivity index (χ3n) is 3.11. The Hall–Kier alpha value is -1.37. The van der Waals surface area contributed by atoms with Gasteiger partial charge >= 0.3 is 0 Å². The Morgan fingerprint density at radius 3 is 1.62 bits per heavy atom. The molecular formula is C20H32O. The van der Waals surface area contributed by atoms with Crippen molar-refractivity contribution in [1.82, 2.24) is 0 Å². The molecule has 0 aliphatic rings. The van der Waals surface area contributed by atoms with Crippen molar-refractivity contribution in [3.05, 3.63) is 48.6 Å². The van der Waals surface area contributed by atoms with Crippen molar-refractivity contribution in [3.8, 4) is 0 Å². The van der Waals surface area contributed by atoms with Crippen LogP contribution in [0.5, 0.6) is 0 Å². The molecule has 0 spiro atoms. The largest absolute Gasteiger partial charge is 0.303 e. The molecule has 0 aromatic carbocycles. The maximum atomic E-state index is 10.4. The molecule has 0 saturated carbocycles. The lowest BCUT2D eigenvalue weighted by Crippen LogP contribution is -1.73. The summed E-state index contributed by atoms with van der Waals surface area (Å²) in [5.74, 6) is 0. The van der Waals surface area contributed by atoms with Crippen LogP contribution in [-0.4, -0.2) is 6.26 Å². The van der Waals surface area contributed by atoms with Gasteiger partial charge in [0.25, 0.3) is 0 Å². The highest BCUT2D eigenvalue weighted by molar-refractivity contribution is 5.48. The van der Waals surface area contributed by atoms with Gasteiger partial charge in [-0.25, -0.2) is 0 Å². The summed E-state index contributed by atoms with van der Waals surface area (Å²) < 4.78 is 6.78. The van der Waals surface area contributed by atoms with E-state index in [1.807, 2.05) is 0 Å². The summed E-state index contributed by atoms with van der Waals surface area (Å²) in [6, 6.07) is 0. The first-order chi connectivity index (χ1) is 10.8. The molecule has 1 heteroatoms. The van der Waals surface area contributed by atoms with E-state index in [0.717, 1.165) is 32.1 Å². The number of allylic oxidation sites excluding steroid dienone is 8. The number of carbonyl (C=O) groups is 1. The minimum atomic E-state index is -0.462. The topological polar surface area (TPSA) is 17.1 Å². The van der Waals surface area contributed by atoms with Crippen LogP contribution in [0.1, 0.15) is 72.5 Å². The minimum absolute atomic E-state index is 0.373.